The molecule has 1 saturated heterocycles. The van der Waals surface area contributed by atoms with Crippen LogP contribution in [0.2, 0.25) is 0 Å². The van der Waals surface area contributed by atoms with Gasteiger partial charge >= 0.3 is 66.2 Å². The van der Waals surface area contributed by atoms with Crippen LogP contribution in [0.5, 0.6) is 0 Å². The van der Waals surface area contributed by atoms with Gasteiger partial charge in [-0.25, -0.2) is 0 Å². The summed E-state index contributed by atoms with van der Waals surface area (Å²) in [6.45, 7) is 0.791. The molecule has 9 heavy (non-hydrogen) atoms. The van der Waals surface area contributed by atoms with Gasteiger partial charge in [0, 0.05) is 0 Å². The quantitative estimate of drug-likeness (QED) is 0.327. The summed E-state index contributed by atoms with van der Waals surface area (Å²) in [6, 6.07) is 0. The first-order valence-corrected chi connectivity index (χ1v) is 6.33. The molecular formula is C6H13INO-. The van der Waals surface area contributed by atoms with E-state index in [0.717, 1.165) is 12.5 Å². The van der Waals surface area contributed by atoms with Gasteiger partial charge in [0.2, 0.25) is 0 Å². The third-order valence-corrected chi connectivity index (χ3v) is 4.93. The first-order chi connectivity index (χ1) is 4.43. The third-order valence-electron chi connectivity index (χ3n) is 1.54. The molecule has 1 unspecified atom stereocenters. The summed E-state index contributed by atoms with van der Waals surface area (Å²) < 4.78 is 2.94. The van der Waals surface area contributed by atoms with Crippen molar-refractivity contribution in [3.05, 3.63) is 0 Å². The molecule has 0 aromatic rings. The predicted octanol–water partition coefficient (Wildman–Crippen LogP) is -2.62. The van der Waals surface area contributed by atoms with E-state index in [9.17, 15) is 0 Å². The Bertz CT molecular complexity index is 70.7. The monoisotopic (exact) mass is 242 g/mol. The average Bonchev–Trinajstić information content (AvgIpc) is 1.91. The zero-order chi connectivity index (χ0) is 6.53. The number of nitrogens with two attached hydrogens (primary N) is 1. The summed E-state index contributed by atoms with van der Waals surface area (Å²) in [4.78, 5) is 4.60. The van der Waals surface area contributed by atoms with Crippen LogP contribution in [-0.4, -0.2) is 15.5 Å². The first kappa shape index (κ1) is 7.75. The van der Waals surface area contributed by atoms with Gasteiger partial charge in [0.15, 0.2) is 0 Å². The van der Waals surface area contributed by atoms with Crippen LogP contribution < -0.4 is 27.1 Å². The minimum atomic E-state index is 0.526. The summed E-state index contributed by atoms with van der Waals surface area (Å²) in [7, 11) is 0. The summed E-state index contributed by atoms with van der Waals surface area (Å²) in [5, 5.41) is 0. The van der Waals surface area contributed by atoms with E-state index in [0.29, 0.717) is 21.2 Å². The van der Waals surface area contributed by atoms with Crippen LogP contribution in [0.4, 0.5) is 0 Å². The third kappa shape index (κ3) is 2.82. The molecule has 1 atom stereocenters. The molecule has 0 aromatic carbocycles. The first-order valence-electron chi connectivity index (χ1n) is 3.28. The molecule has 0 amide bonds. The topological polar surface area (TPSA) is 35.2 Å². The molecule has 1 aliphatic heterocycles. The van der Waals surface area contributed by atoms with E-state index < -0.39 is 0 Å². The SMILES string of the molecule is NOCC1CCC[I-]C1. The van der Waals surface area contributed by atoms with Crippen molar-refractivity contribution in [2.75, 3.05) is 15.5 Å². The fourth-order valence-corrected chi connectivity index (χ4v) is 4.03. The fraction of sp³-hybridized carbons (Fsp3) is 1.00. The molecule has 1 heterocycles. The molecule has 0 aliphatic carbocycles. The summed E-state index contributed by atoms with van der Waals surface area (Å²) in [5.41, 5.74) is 0. The Morgan fingerprint density at radius 3 is 3.11 bits per heavy atom. The van der Waals surface area contributed by atoms with Gasteiger partial charge in [0.25, 0.3) is 0 Å². The van der Waals surface area contributed by atoms with E-state index in [4.69, 9.17) is 5.90 Å². The van der Waals surface area contributed by atoms with E-state index in [1.807, 2.05) is 0 Å². The molecule has 1 rings (SSSR count). The van der Waals surface area contributed by atoms with Crippen LogP contribution in [0.15, 0.2) is 0 Å². The van der Waals surface area contributed by atoms with Gasteiger partial charge in [-0.3, -0.25) is 0 Å². The Morgan fingerprint density at radius 1 is 1.67 bits per heavy atom. The fourth-order valence-electron chi connectivity index (χ4n) is 1.03. The Kier molecular flexibility index (Phi) is 3.85. The molecule has 1 fully saturated rings. The van der Waals surface area contributed by atoms with E-state index in [2.05, 4.69) is 4.84 Å². The van der Waals surface area contributed by atoms with Gasteiger partial charge in [-0.2, -0.15) is 0 Å². The van der Waals surface area contributed by atoms with Crippen molar-refractivity contribution in [3.63, 3.8) is 0 Å². The van der Waals surface area contributed by atoms with Crippen LogP contribution in [0.3, 0.4) is 0 Å². The van der Waals surface area contributed by atoms with Crippen molar-refractivity contribution in [2.24, 2.45) is 11.8 Å². The molecule has 2 N–H and O–H groups in total. The summed E-state index contributed by atoms with van der Waals surface area (Å²) in [6.07, 6.45) is 2.76. The number of hydrogen-bond acceptors (Lipinski definition) is 2. The summed E-state index contributed by atoms with van der Waals surface area (Å²) in [5.74, 6) is 5.77. The van der Waals surface area contributed by atoms with Gasteiger partial charge in [0.1, 0.15) is 0 Å². The molecule has 0 radical (unpaired) electrons. The molecule has 2 nitrogen and oxygen atoms in total. The van der Waals surface area contributed by atoms with Crippen molar-refractivity contribution in [1.29, 1.82) is 0 Å². The minimum absolute atomic E-state index is 0.526. The van der Waals surface area contributed by atoms with Crippen LogP contribution in [-0.2, 0) is 4.84 Å². The van der Waals surface area contributed by atoms with Gasteiger partial charge in [-0.05, 0) is 0 Å². The molecule has 0 saturated carbocycles. The predicted molar refractivity (Wildman–Crippen MR) is 32.6 cm³/mol. The normalized spacial score (nSPS) is 29.2. The van der Waals surface area contributed by atoms with Crippen LogP contribution in [0.25, 0.3) is 0 Å². The molecule has 1 aliphatic rings. The molecule has 0 aromatic heterocycles. The molecular weight excluding hydrogens is 229 g/mol. The Morgan fingerprint density at radius 2 is 2.56 bits per heavy atom. The molecule has 0 spiro atoms. The Balaban J connectivity index is 2.08. The Labute approximate surface area is 66.4 Å². The maximum atomic E-state index is 4.97. The molecule has 0 bridgehead atoms. The molecule has 56 valence electrons. The van der Waals surface area contributed by atoms with Gasteiger partial charge < -0.3 is 0 Å². The molecule has 3 heteroatoms. The average molecular weight is 242 g/mol. The number of halogens is 1. The second-order valence-corrected chi connectivity index (χ2v) is 5.41. The number of alkyl halides is 2. The second-order valence-electron chi connectivity index (χ2n) is 2.37. The van der Waals surface area contributed by atoms with E-state index >= 15 is 0 Å². The van der Waals surface area contributed by atoms with Crippen molar-refractivity contribution in [2.45, 2.75) is 12.8 Å². The van der Waals surface area contributed by atoms with Crippen molar-refractivity contribution in [1.82, 2.24) is 0 Å². The van der Waals surface area contributed by atoms with Crippen LogP contribution in [0.1, 0.15) is 12.8 Å². The van der Waals surface area contributed by atoms with Crippen molar-refractivity contribution >= 4 is 0 Å². The van der Waals surface area contributed by atoms with E-state index in [1.54, 1.807) is 0 Å². The zero-order valence-electron chi connectivity index (χ0n) is 5.48. The van der Waals surface area contributed by atoms with Gasteiger partial charge in [-0.1, -0.05) is 0 Å². The van der Waals surface area contributed by atoms with Crippen LogP contribution >= 0.6 is 0 Å². The van der Waals surface area contributed by atoms with Gasteiger partial charge in [0.05, 0.1) is 0 Å². The number of hydrogen-bond donors (Lipinski definition) is 1. The summed E-state index contributed by atoms with van der Waals surface area (Å²) >= 11 is 0.526. The second kappa shape index (κ2) is 4.46. The van der Waals surface area contributed by atoms with Crippen molar-refractivity contribution < 1.29 is 26.0 Å². The van der Waals surface area contributed by atoms with Crippen LogP contribution in [0, 0.1) is 5.92 Å². The number of rotatable bonds is 2. The standard InChI is InChI=1S/C6H13INO/c8-9-5-6-2-1-3-7-4-6/h6H,1-5,8H2/q-1. The van der Waals surface area contributed by atoms with Gasteiger partial charge in [-0.15, -0.1) is 0 Å². The van der Waals surface area contributed by atoms with E-state index in [1.165, 1.54) is 21.7 Å². The van der Waals surface area contributed by atoms with E-state index in [-0.39, 0.29) is 0 Å². The zero-order valence-corrected chi connectivity index (χ0v) is 7.63. The maximum absolute atomic E-state index is 4.97. The van der Waals surface area contributed by atoms with Crippen molar-refractivity contribution in [3.8, 4) is 0 Å². The Hall–Kier alpha value is 0.650.